The fraction of sp³-hybridized carbons (Fsp3) is 0.600. The highest BCUT2D eigenvalue weighted by atomic mass is 19.1. The Morgan fingerprint density at radius 1 is 1.33 bits per heavy atom. The number of benzene rings is 1. The fourth-order valence-electron chi connectivity index (χ4n) is 1.82. The zero-order valence-corrected chi connectivity index (χ0v) is 11.8. The number of hydrogen-bond donors (Lipinski definition) is 1. The molecule has 2 unspecified atom stereocenters. The van der Waals surface area contributed by atoms with Gasteiger partial charge in [-0.25, -0.2) is 4.39 Å². The standard InChI is InChI=1S/C15H24FNO/c1-5-6-12(3)17-10-13(4)18-14-8-7-11(2)15(16)9-14/h7-9,12-13,17H,5-6,10H2,1-4H3. The van der Waals surface area contributed by atoms with Gasteiger partial charge in [0.25, 0.3) is 0 Å². The minimum atomic E-state index is -0.216. The molecule has 0 bridgehead atoms. The predicted molar refractivity (Wildman–Crippen MR) is 73.6 cm³/mol. The highest BCUT2D eigenvalue weighted by molar-refractivity contribution is 5.28. The molecule has 1 N–H and O–H groups in total. The molecule has 18 heavy (non-hydrogen) atoms. The van der Waals surface area contributed by atoms with E-state index in [-0.39, 0.29) is 11.9 Å². The van der Waals surface area contributed by atoms with Crippen molar-refractivity contribution in [2.24, 2.45) is 0 Å². The molecule has 2 nitrogen and oxygen atoms in total. The number of aryl methyl sites for hydroxylation is 1. The lowest BCUT2D eigenvalue weighted by atomic mass is 10.2. The van der Waals surface area contributed by atoms with Gasteiger partial charge in [-0.05, 0) is 38.8 Å². The fourth-order valence-corrected chi connectivity index (χ4v) is 1.82. The average molecular weight is 253 g/mol. The van der Waals surface area contributed by atoms with Gasteiger partial charge in [-0.2, -0.15) is 0 Å². The second-order valence-electron chi connectivity index (χ2n) is 4.94. The number of ether oxygens (including phenoxy) is 1. The number of halogens is 1. The van der Waals surface area contributed by atoms with Crippen LogP contribution in [0.4, 0.5) is 4.39 Å². The van der Waals surface area contributed by atoms with Crippen LogP contribution < -0.4 is 10.1 Å². The molecule has 0 aromatic heterocycles. The highest BCUT2D eigenvalue weighted by Crippen LogP contribution is 2.17. The summed E-state index contributed by atoms with van der Waals surface area (Å²) >= 11 is 0. The lowest BCUT2D eigenvalue weighted by Gasteiger charge is -2.19. The van der Waals surface area contributed by atoms with Crippen molar-refractivity contribution in [2.45, 2.75) is 52.7 Å². The van der Waals surface area contributed by atoms with Crippen molar-refractivity contribution >= 4 is 0 Å². The van der Waals surface area contributed by atoms with E-state index in [2.05, 4.69) is 19.2 Å². The summed E-state index contributed by atoms with van der Waals surface area (Å²) in [5.41, 5.74) is 0.643. The van der Waals surface area contributed by atoms with Crippen LogP contribution in [0.5, 0.6) is 5.75 Å². The maximum absolute atomic E-state index is 13.3. The number of nitrogens with one attached hydrogen (secondary N) is 1. The van der Waals surface area contributed by atoms with E-state index in [1.54, 1.807) is 13.0 Å². The summed E-state index contributed by atoms with van der Waals surface area (Å²) < 4.78 is 19.0. The summed E-state index contributed by atoms with van der Waals surface area (Å²) in [5, 5.41) is 3.41. The van der Waals surface area contributed by atoms with E-state index in [9.17, 15) is 4.39 Å². The van der Waals surface area contributed by atoms with E-state index < -0.39 is 0 Å². The van der Waals surface area contributed by atoms with Crippen LogP contribution in [0.15, 0.2) is 18.2 Å². The SMILES string of the molecule is CCCC(C)NCC(C)Oc1ccc(C)c(F)c1. The lowest BCUT2D eigenvalue weighted by Crippen LogP contribution is -2.34. The molecule has 0 aliphatic carbocycles. The van der Waals surface area contributed by atoms with Crippen LogP contribution in [0.2, 0.25) is 0 Å². The van der Waals surface area contributed by atoms with E-state index in [4.69, 9.17) is 4.74 Å². The van der Waals surface area contributed by atoms with Gasteiger partial charge in [-0.3, -0.25) is 0 Å². The largest absolute Gasteiger partial charge is 0.489 e. The molecule has 0 fully saturated rings. The maximum atomic E-state index is 13.3. The lowest BCUT2D eigenvalue weighted by molar-refractivity contribution is 0.210. The van der Waals surface area contributed by atoms with Crippen LogP contribution in [0.3, 0.4) is 0 Å². The Labute approximate surface area is 110 Å². The molecule has 0 aliphatic rings. The van der Waals surface area contributed by atoms with Crippen molar-refractivity contribution < 1.29 is 9.13 Å². The first-order valence-corrected chi connectivity index (χ1v) is 6.69. The minimum Gasteiger partial charge on any atom is -0.489 e. The van der Waals surface area contributed by atoms with Crippen molar-refractivity contribution in [1.82, 2.24) is 5.32 Å². The van der Waals surface area contributed by atoms with Gasteiger partial charge in [-0.1, -0.05) is 19.4 Å². The van der Waals surface area contributed by atoms with Gasteiger partial charge in [0.15, 0.2) is 0 Å². The molecule has 0 radical (unpaired) electrons. The summed E-state index contributed by atoms with van der Waals surface area (Å²) in [6.07, 6.45) is 2.37. The molecule has 3 heteroatoms. The van der Waals surface area contributed by atoms with Crippen molar-refractivity contribution in [1.29, 1.82) is 0 Å². The first-order chi connectivity index (χ1) is 8.52. The molecule has 0 aliphatic heterocycles. The third kappa shape index (κ3) is 5.05. The Bertz CT molecular complexity index is 368. The van der Waals surface area contributed by atoms with E-state index in [1.807, 2.05) is 13.0 Å². The quantitative estimate of drug-likeness (QED) is 0.800. The van der Waals surface area contributed by atoms with E-state index in [0.717, 1.165) is 13.0 Å². The summed E-state index contributed by atoms with van der Waals surface area (Å²) in [6, 6.07) is 5.49. The molecular weight excluding hydrogens is 229 g/mol. The molecule has 102 valence electrons. The molecule has 0 amide bonds. The van der Waals surface area contributed by atoms with Crippen LogP contribution in [-0.4, -0.2) is 18.7 Å². The summed E-state index contributed by atoms with van der Waals surface area (Å²) in [6.45, 7) is 8.85. The molecule has 0 spiro atoms. The average Bonchev–Trinajstić information content (AvgIpc) is 2.32. The Morgan fingerprint density at radius 2 is 2.06 bits per heavy atom. The van der Waals surface area contributed by atoms with Crippen molar-refractivity contribution in [3.05, 3.63) is 29.6 Å². The summed E-state index contributed by atoms with van der Waals surface area (Å²) in [7, 11) is 0. The molecule has 1 aromatic carbocycles. The van der Waals surface area contributed by atoms with Crippen LogP contribution >= 0.6 is 0 Å². The van der Waals surface area contributed by atoms with Gasteiger partial charge in [0, 0.05) is 18.7 Å². The zero-order valence-electron chi connectivity index (χ0n) is 11.8. The molecule has 0 saturated carbocycles. The van der Waals surface area contributed by atoms with Crippen molar-refractivity contribution in [2.75, 3.05) is 6.54 Å². The van der Waals surface area contributed by atoms with Gasteiger partial charge >= 0.3 is 0 Å². The topological polar surface area (TPSA) is 21.3 Å². The molecular formula is C15H24FNO. The van der Waals surface area contributed by atoms with Crippen molar-refractivity contribution in [3.63, 3.8) is 0 Å². The third-order valence-electron chi connectivity index (χ3n) is 2.96. The minimum absolute atomic E-state index is 0.0337. The molecule has 1 rings (SSSR count). The Kier molecular flexibility index (Phi) is 6.13. The maximum Gasteiger partial charge on any atom is 0.129 e. The van der Waals surface area contributed by atoms with Crippen LogP contribution in [-0.2, 0) is 0 Å². The van der Waals surface area contributed by atoms with Gasteiger partial charge < -0.3 is 10.1 Å². The van der Waals surface area contributed by atoms with Crippen molar-refractivity contribution in [3.8, 4) is 5.75 Å². The Morgan fingerprint density at radius 3 is 2.67 bits per heavy atom. The van der Waals surface area contributed by atoms with Crippen LogP contribution in [0, 0.1) is 12.7 Å². The monoisotopic (exact) mass is 253 g/mol. The van der Waals surface area contributed by atoms with E-state index >= 15 is 0 Å². The molecule has 1 aromatic rings. The van der Waals surface area contributed by atoms with Gasteiger partial charge in [0.05, 0.1) is 0 Å². The Balaban J connectivity index is 2.39. The van der Waals surface area contributed by atoms with Gasteiger partial charge in [0.2, 0.25) is 0 Å². The Hall–Kier alpha value is -1.09. The smallest absolute Gasteiger partial charge is 0.129 e. The first-order valence-electron chi connectivity index (χ1n) is 6.69. The second kappa shape index (κ2) is 7.37. The van der Waals surface area contributed by atoms with Gasteiger partial charge in [0.1, 0.15) is 17.7 Å². The highest BCUT2D eigenvalue weighted by Gasteiger charge is 2.07. The van der Waals surface area contributed by atoms with Gasteiger partial charge in [-0.15, -0.1) is 0 Å². The molecule has 2 atom stereocenters. The number of hydrogen-bond acceptors (Lipinski definition) is 2. The number of rotatable bonds is 7. The van der Waals surface area contributed by atoms with E-state index in [0.29, 0.717) is 17.4 Å². The van der Waals surface area contributed by atoms with Crippen LogP contribution in [0.25, 0.3) is 0 Å². The summed E-state index contributed by atoms with van der Waals surface area (Å²) in [4.78, 5) is 0. The van der Waals surface area contributed by atoms with Crippen LogP contribution in [0.1, 0.15) is 39.2 Å². The second-order valence-corrected chi connectivity index (χ2v) is 4.94. The third-order valence-corrected chi connectivity index (χ3v) is 2.96. The molecule has 0 saturated heterocycles. The normalized spacial score (nSPS) is 14.3. The van der Waals surface area contributed by atoms with E-state index in [1.165, 1.54) is 12.5 Å². The summed E-state index contributed by atoms with van der Waals surface area (Å²) in [5.74, 6) is 0.377. The zero-order chi connectivity index (χ0) is 13.5. The molecule has 0 heterocycles. The first kappa shape index (κ1) is 15.0. The predicted octanol–water partition coefficient (Wildman–Crippen LogP) is 3.68.